The van der Waals surface area contributed by atoms with Gasteiger partial charge in [0.1, 0.15) is 0 Å². The third kappa shape index (κ3) is 4.70. The standard InChI is InChI=1S/2C6F5.Pt/c2*7-2-1-3(8)5(10)6(11)4(2)9;/q2*-1;+2. The van der Waals surface area contributed by atoms with Crippen LogP contribution in [0.1, 0.15) is 0 Å². The molecule has 0 bridgehead atoms. The summed E-state index contributed by atoms with van der Waals surface area (Å²) < 4.78 is 120. The molecule has 0 saturated heterocycles. The van der Waals surface area contributed by atoms with Crippen molar-refractivity contribution in [3.05, 3.63) is 70.3 Å². The number of benzene rings is 2. The van der Waals surface area contributed by atoms with Crippen molar-refractivity contribution in [2.45, 2.75) is 0 Å². The molecule has 11 heteroatoms. The summed E-state index contributed by atoms with van der Waals surface area (Å²) in [4.78, 5) is 0. The van der Waals surface area contributed by atoms with Crippen molar-refractivity contribution in [3.63, 3.8) is 0 Å². The summed E-state index contributed by atoms with van der Waals surface area (Å²) in [6.07, 6.45) is 0. The molecule has 0 spiro atoms. The van der Waals surface area contributed by atoms with Crippen LogP contribution in [-0.2, 0) is 21.1 Å². The van der Waals surface area contributed by atoms with E-state index in [9.17, 15) is 43.9 Å². The molecule has 2 aromatic carbocycles. The van der Waals surface area contributed by atoms with Gasteiger partial charge >= 0.3 is 21.1 Å². The maximum Gasteiger partial charge on any atom is 2.00 e. The van der Waals surface area contributed by atoms with E-state index in [0.717, 1.165) is 12.1 Å². The van der Waals surface area contributed by atoms with E-state index in [2.05, 4.69) is 0 Å². The number of halogens is 10. The van der Waals surface area contributed by atoms with Gasteiger partial charge in [-0.1, -0.05) is 0 Å². The van der Waals surface area contributed by atoms with Crippen molar-refractivity contribution >= 4 is 0 Å². The molecule has 0 aliphatic carbocycles. The van der Waals surface area contributed by atoms with Crippen LogP contribution in [0.5, 0.6) is 0 Å². The van der Waals surface area contributed by atoms with Gasteiger partial charge < -0.3 is 0 Å². The third-order valence-corrected chi connectivity index (χ3v) is 1.98. The molecule has 0 N–H and O–H groups in total. The Morgan fingerprint density at radius 3 is 0.696 bits per heavy atom. The number of hydrogen-bond acceptors (Lipinski definition) is 0. The van der Waals surface area contributed by atoms with Gasteiger partial charge in [-0.25, -0.2) is 26.3 Å². The first-order chi connectivity index (χ1) is 10.1. The average molecular weight is 529 g/mol. The first-order valence-corrected chi connectivity index (χ1v) is 4.89. The minimum absolute atomic E-state index is 0. The molecule has 23 heavy (non-hydrogen) atoms. The molecule has 0 aliphatic heterocycles. The summed E-state index contributed by atoms with van der Waals surface area (Å²) in [6.45, 7) is 0. The van der Waals surface area contributed by atoms with Gasteiger partial charge in [-0.2, -0.15) is 0 Å². The van der Waals surface area contributed by atoms with Gasteiger partial charge in [0, 0.05) is 0 Å². The smallest absolute Gasteiger partial charge is 0.278 e. The van der Waals surface area contributed by atoms with Crippen LogP contribution in [0.25, 0.3) is 0 Å². The molecule has 0 aromatic heterocycles. The van der Waals surface area contributed by atoms with Crippen LogP contribution in [-0.4, -0.2) is 0 Å². The van der Waals surface area contributed by atoms with Crippen LogP contribution in [0.4, 0.5) is 43.9 Å². The van der Waals surface area contributed by atoms with E-state index in [1.165, 1.54) is 0 Å². The monoisotopic (exact) mass is 529 g/mol. The molecular formula is C12F10Pt. The van der Waals surface area contributed by atoms with Crippen LogP contribution >= 0.6 is 0 Å². The zero-order valence-electron chi connectivity index (χ0n) is 10.1. The van der Waals surface area contributed by atoms with Crippen LogP contribution < -0.4 is 0 Å². The van der Waals surface area contributed by atoms with E-state index >= 15 is 0 Å². The van der Waals surface area contributed by atoms with Gasteiger partial charge in [-0.15, -0.1) is 12.1 Å². The summed E-state index contributed by atoms with van der Waals surface area (Å²) in [5, 5.41) is 0. The van der Waals surface area contributed by atoms with Crippen molar-refractivity contribution in [2.24, 2.45) is 0 Å². The molecule has 0 aliphatic rings. The van der Waals surface area contributed by atoms with Crippen molar-refractivity contribution < 1.29 is 65.0 Å². The molecule has 0 unspecified atom stereocenters. The van der Waals surface area contributed by atoms with Gasteiger partial charge in [0.2, 0.25) is 0 Å². The molecule has 2 aromatic rings. The van der Waals surface area contributed by atoms with Gasteiger partial charge in [0.05, 0.1) is 58.2 Å². The van der Waals surface area contributed by atoms with Crippen molar-refractivity contribution in [1.29, 1.82) is 0 Å². The Morgan fingerprint density at radius 2 is 0.522 bits per heavy atom. The molecule has 0 atom stereocenters. The first kappa shape index (κ1) is 21.4. The molecule has 0 amide bonds. The summed E-state index contributed by atoms with van der Waals surface area (Å²) in [5.41, 5.74) is 0. The zero-order chi connectivity index (χ0) is 17.2. The maximum absolute atomic E-state index is 12.0. The maximum atomic E-state index is 12.0. The fourth-order valence-corrected chi connectivity index (χ4v) is 0.990. The molecule has 0 saturated carbocycles. The predicted octanol–water partition coefficient (Wildman–Crippen LogP) is 4.36. The Hall–Kier alpha value is -1.57. The third-order valence-electron chi connectivity index (χ3n) is 1.98. The van der Waals surface area contributed by atoms with Crippen molar-refractivity contribution in [2.75, 3.05) is 0 Å². The predicted molar refractivity (Wildman–Crippen MR) is 50.1 cm³/mol. The van der Waals surface area contributed by atoms with E-state index < -0.39 is 58.2 Å². The molecule has 0 nitrogen and oxygen atoms in total. The van der Waals surface area contributed by atoms with Crippen LogP contribution in [0.15, 0.2) is 0 Å². The van der Waals surface area contributed by atoms with E-state index in [0.29, 0.717) is 0 Å². The van der Waals surface area contributed by atoms with Gasteiger partial charge in [-0.05, 0) is 0 Å². The van der Waals surface area contributed by atoms with Crippen LogP contribution in [0, 0.1) is 70.3 Å². The summed E-state index contributed by atoms with van der Waals surface area (Å²) in [7, 11) is 0. The SMILES string of the molecule is Fc1[c-]c(F)c(F)c(F)c1F.Fc1[c-]c(F)c(F)c(F)c1F.[Pt+2]. The van der Waals surface area contributed by atoms with Crippen LogP contribution in [0.3, 0.4) is 0 Å². The average Bonchev–Trinajstić information content (AvgIpc) is 2.47. The second-order valence-electron chi connectivity index (χ2n) is 3.39. The van der Waals surface area contributed by atoms with Gasteiger partial charge in [0.15, 0.2) is 0 Å². The Balaban J connectivity index is 0.000000403. The second-order valence-corrected chi connectivity index (χ2v) is 3.39. The van der Waals surface area contributed by atoms with Gasteiger partial charge in [0.25, 0.3) is 0 Å². The fraction of sp³-hybridized carbons (Fsp3) is 0. The summed E-state index contributed by atoms with van der Waals surface area (Å²) in [5.74, 6) is -20.1. The molecule has 0 heterocycles. The van der Waals surface area contributed by atoms with E-state index in [1.54, 1.807) is 0 Å². The van der Waals surface area contributed by atoms with Crippen molar-refractivity contribution in [3.8, 4) is 0 Å². The Morgan fingerprint density at radius 1 is 0.348 bits per heavy atom. The quantitative estimate of drug-likeness (QED) is 0.206. The van der Waals surface area contributed by atoms with Crippen LogP contribution in [0.2, 0.25) is 0 Å². The first-order valence-electron chi connectivity index (χ1n) is 4.89. The Labute approximate surface area is 136 Å². The Bertz CT molecular complexity index is 602. The molecule has 0 fully saturated rings. The zero-order valence-corrected chi connectivity index (χ0v) is 12.4. The fourth-order valence-electron chi connectivity index (χ4n) is 0.990. The summed E-state index contributed by atoms with van der Waals surface area (Å²) >= 11 is 0. The van der Waals surface area contributed by atoms with E-state index in [1.807, 2.05) is 0 Å². The van der Waals surface area contributed by atoms with E-state index in [-0.39, 0.29) is 21.1 Å². The number of hydrogen-bond donors (Lipinski definition) is 0. The minimum Gasteiger partial charge on any atom is -0.278 e. The normalized spacial score (nSPS) is 9.83. The van der Waals surface area contributed by atoms with E-state index in [4.69, 9.17) is 0 Å². The summed E-state index contributed by atoms with van der Waals surface area (Å²) in [6, 6.07) is 2.05. The van der Waals surface area contributed by atoms with Crippen molar-refractivity contribution in [1.82, 2.24) is 0 Å². The molecule has 2 rings (SSSR count). The molecule has 0 radical (unpaired) electrons. The largest absolute Gasteiger partial charge is 2.00 e. The minimum atomic E-state index is -2.17. The van der Waals surface area contributed by atoms with Gasteiger partial charge in [-0.3, -0.25) is 17.6 Å². The molecule has 128 valence electrons. The Kier molecular flexibility index (Phi) is 7.76. The second kappa shape index (κ2) is 8.33. The molecular weight excluding hydrogens is 529 g/mol. The number of rotatable bonds is 0. The topological polar surface area (TPSA) is 0 Å².